The average Bonchev–Trinajstić information content (AvgIpc) is 2.85. The Balaban J connectivity index is 1.36. The van der Waals surface area contributed by atoms with Gasteiger partial charge in [-0.25, -0.2) is 9.37 Å². The van der Waals surface area contributed by atoms with Gasteiger partial charge in [-0.3, -0.25) is 0 Å². The predicted molar refractivity (Wildman–Crippen MR) is 128 cm³/mol. The van der Waals surface area contributed by atoms with Gasteiger partial charge in [0.05, 0.1) is 24.9 Å². The molecule has 3 aromatic rings. The largest absolute Gasteiger partial charge is 0.507 e. The third-order valence-corrected chi connectivity index (χ3v) is 7.15. The number of rotatable bonds is 5. The molecule has 5 rings (SSSR count). The lowest BCUT2D eigenvalue weighted by molar-refractivity contribution is 0.0607. The van der Waals surface area contributed by atoms with Crippen molar-refractivity contribution in [3.05, 3.63) is 42.5 Å². The second kappa shape index (κ2) is 8.99. The minimum Gasteiger partial charge on any atom is -0.507 e. The SMILES string of the molecule is COc1cc(-c2ccc(-c3ncc(N(C)[C@H]4C[C@]5(C)CCC[C@@H](N5)[C@H]4F)nn3)c(O)c2)cc(F)n1. The number of phenols is 1. The van der Waals surface area contributed by atoms with E-state index < -0.39 is 12.1 Å². The van der Waals surface area contributed by atoms with Crippen molar-refractivity contribution in [2.45, 2.75) is 56.4 Å². The van der Waals surface area contributed by atoms with E-state index in [0.717, 1.165) is 19.3 Å². The quantitative estimate of drug-likeness (QED) is 0.529. The molecule has 0 amide bonds. The fraction of sp³-hybridized carbons (Fsp3) is 0.440. The maximum atomic E-state index is 15.2. The molecule has 0 unspecified atom stereocenters. The predicted octanol–water partition coefficient (Wildman–Crippen LogP) is 3.90. The third kappa shape index (κ3) is 4.50. The number of nitrogens with zero attached hydrogens (tertiary/aromatic N) is 5. The zero-order valence-corrected chi connectivity index (χ0v) is 19.9. The zero-order chi connectivity index (χ0) is 24.7. The first-order chi connectivity index (χ1) is 16.8. The van der Waals surface area contributed by atoms with Gasteiger partial charge < -0.3 is 20.1 Å². The summed E-state index contributed by atoms with van der Waals surface area (Å²) in [5.41, 5.74) is 1.38. The van der Waals surface area contributed by atoms with E-state index in [2.05, 4.69) is 32.4 Å². The number of nitrogens with one attached hydrogen (secondary N) is 1. The number of aromatic hydroxyl groups is 1. The molecule has 10 heteroatoms. The molecule has 4 heterocycles. The Kier molecular flexibility index (Phi) is 6.00. The standard InChI is InChI=1S/C25H28F2N6O2/c1-25-8-4-5-17(30-25)23(27)18(12-25)33(2)21-13-28-24(32-31-21)16-7-6-14(9-19(16)34)15-10-20(26)29-22(11-15)35-3/h6-7,9-11,13,17-18,23,30,34H,4-5,8,12H2,1-3H3/t17-,18+,23-,25+/m1/s1. The molecule has 0 radical (unpaired) electrons. The van der Waals surface area contributed by atoms with Crippen molar-refractivity contribution in [2.24, 2.45) is 0 Å². The van der Waals surface area contributed by atoms with Crippen molar-refractivity contribution in [3.8, 4) is 34.1 Å². The van der Waals surface area contributed by atoms with Gasteiger partial charge in [0.25, 0.3) is 0 Å². The Bertz CT molecular complexity index is 1230. The number of aromatic nitrogens is 4. The second-order valence-electron chi connectivity index (χ2n) is 9.62. The zero-order valence-electron chi connectivity index (χ0n) is 19.9. The summed E-state index contributed by atoms with van der Waals surface area (Å²) in [6, 6.07) is 7.21. The molecule has 2 bridgehead atoms. The van der Waals surface area contributed by atoms with Crippen LogP contribution >= 0.6 is 0 Å². The molecule has 0 saturated carbocycles. The van der Waals surface area contributed by atoms with Gasteiger partial charge >= 0.3 is 0 Å². The first kappa shape index (κ1) is 23.3. The highest BCUT2D eigenvalue weighted by Gasteiger charge is 2.47. The van der Waals surface area contributed by atoms with Crippen LogP contribution in [-0.4, -0.2) is 63.2 Å². The molecular weight excluding hydrogens is 454 g/mol. The number of anilines is 1. The molecule has 2 N–H and O–H groups in total. The summed E-state index contributed by atoms with van der Waals surface area (Å²) in [6.07, 6.45) is 4.10. The summed E-state index contributed by atoms with van der Waals surface area (Å²) in [7, 11) is 3.23. The van der Waals surface area contributed by atoms with Crippen molar-refractivity contribution in [2.75, 3.05) is 19.1 Å². The Hall–Kier alpha value is -3.40. The fourth-order valence-electron chi connectivity index (χ4n) is 5.27. The number of piperidine rings is 2. The van der Waals surface area contributed by atoms with Gasteiger partial charge in [0.2, 0.25) is 11.8 Å². The minimum absolute atomic E-state index is 0.0791. The van der Waals surface area contributed by atoms with Crippen LogP contribution in [0.25, 0.3) is 22.5 Å². The molecule has 4 atom stereocenters. The average molecular weight is 483 g/mol. The number of ether oxygens (including phenoxy) is 1. The normalized spacial score (nSPS) is 25.8. The fourth-order valence-corrected chi connectivity index (χ4v) is 5.27. The summed E-state index contributed by atoms with van der Waals surface area (Å²) in [6.45, 7) is 2.15. The first-order valence-corrected chi connectivity index (χ1v) is 11.7. The Labute approximate surface area is 202 Å². The van der Waals surface area contributed by atoms with Crippen LogP contribution in [0.1, 0.15) is 32.6 Å². The molecule has 8 nitrogen and oxygen atoms in total. The van der Waals surface area contributed by atoms with E-state index in [1.807, 2.05) is 11.9 Å². The molecule has 2 aromatic heterocycles. The van der Waals surface area contributed by atoms with Crippen molar-refractivity contribution >= 4 is 5.82 Å². The second-order valence-corrected chi connectivity index (χ2v) is 9.62. The number of hydrogen-bond donors (Lipinski definition) is 2. The summed E-state index contributed by atoms with van der Waals surface area (Å²) >= 11 is 0. The van der Waals surface area contributed by atoms with Crippen molar-refractivity contribution < 1.29 is 18.6 Å². The van der Waals surface area contributed by atoms with Crippen LogP contribution in [0.4, 0.5) is 14.6 Å². The topological polar surface area (TPSA) is 96.3 Å². The lowest BCUT2D eigenvalue weighted by atomic mass is 9.74. The van der Waals surface area contributed by atoms with E-state index in [4.69, 9.17) is 4.74 Å². The molecule has 2 aliphatic rings. The van der Waals surface area contributed by atoms with E-state index in [9.17, 15) is 9.50 Å². The molecule has 0 aliphatic carbocycles. The van der Waals surface area contributed by atoms with Crippen LogP contribution in [0.15, 0.2) is 36.5 Å². The van der Waals surface area contributed by atoms with Gasteiger partial charge in [0, 0.05) is 30.8 Å². The van der Waals surface area contributed by atoms with Gasteiger partial charge in [-0.15, -0.1) is 10.2 Å². The van der Waals surface area contributed by atoms with Crippen LogP contribution < -0.4 is 15.0 Å². The summed E-state index contributed by atoms with van der Waals surface area (Å²) in [4.78, 5) is 9.84. The Morgan fingerprint density at radius 1 is 1.20 bits per heavy atom. The van der Waals surface area contributed by atoms with Crippen LogP contribution in [-0.2, 0) is 0 Å². The Morgan fingerprint density at radius 2 is 2.03 bits per heavy atom. The molecule has 2 saturated heterocycles. The van der Waals surface area contributed by atoms with Crippen LogP contribution in [0.2, 0.25) is 0 Å². The number of phenolic OH excluding ortho intramolecular Hbond substituents is 1. The van der Waals surface area contributed by atoms with Gasteiger partial charge in [0.1, 0.15) is 11.9 Å². The molecule has 1 aromatic carbocycles. The summed E-state index contributed by atoms with van der Waals surface area (Å²) < 4.78 is 34.0. The number of fused-ring (bicyclic) bond motifs is 2. The molecule has 35 heavy (non-hydrogen) atoms. The van der Waals surface area contributed by atoms with E-state index in [-0.39, 0.29) is 35.1 Å². The first-order valence-electron chi connectivity index (χ1n) is 11.7. The molecule has 2 fully saturated rings. The van der Waals surface area contributed by atoms with Gasteiger partial charge in [-0.05, 0) is 55.9 Å². The molecule has 0 spiro atoms. The third-order valence-electron chi connectivity index (χ3n) is 7.15. The number of pyridine rings is 1. The monoisotopic (exact) mass is 482 g/mol. The maximum absolute atomic E-state index is 15.2. The molecular formula is C25H28F2N6O2. The minimum atomic E-state index is -1.01. The van der Waals surface area contributed by atoms with Crippen molar-refractivity contribution in [1.29, 1.82) is 0 Å². The summed E-state index contributed by atoms with van der Waals surface area (Å²) in [5.74, 6) is 0.0790. The lowest BCUT2D eigenvalue weighted by Crippen LogP contribution is -2.66. The van der Waals surface area contributed by atoms with E-state index >= 15 is 4.39 Å². The van der Waals surface area contributed by atoms with Gasteiger partial charge in [0.15, 0.2) is 11.6 Å². The van der Waals surface area contributed by atoms with Crippen molar-refractivity contribution in [3.63, 3.8) is 0 Å². The highest BCUT2D eigenvalue weighted by atomic mass is 19.1. The van der Waals surface area contributed by atoms with Crippen LogP contribution in [0.3, 0.4) is 0 Å². The number of hydrogen-bond acceptors (Lipinski definition) is 8. The smallest absolute Gasteiger partial charge is 0.216 e. The van der Waals surface area contributed by atoms with Crippen LogP contribution in [0, 0.1) is 5.95 Å². The highest BCUT2D eigenvalue weighted by molar-refractivity contribution is 5.73. The van der Waals surface area contributed by atoms with Crippen molar-refractivity contribution in [1.82, 2.24) is 25.5 Å². The molecule has 184 valence electrons. The number of benzene rings is 1. The van der Waals surface area contributed by atoms with E-state index in [1.54, 1.807) is 24.4 Å². The van der Waals surface area contributed by atoms with Crippen LogP contribution in [0.5, 0.6) is 11.6 Å². The molecule has 2 aliphatic heterocycles. The lowest BCUT2D eigenvalue weighted by Gasteiger charge is -2.51. The highest BCUT2D eigenvalue weighted by Crippen LogP contribution is 2.38. The number of methoxy groups -OCH3 is 1. The summed E-state index contributed by atoms with van der Waals surface area (Å²) in [5, 5.41) is 22.6. The number of alkyl halides is 1. The van der Waals surface area contributed by atoms with Gasteiger partial charge in [-0.1, -0.05) is 6.07 Å². The van der Waals surface area contributed by atoms with E-state index in [0.29, 0.717) is 28.9 Å². The van der Waals surface area contributed by atoms with Gasteiger partial charge in [-0.2, -0.15) is 9.37 Å². The maximum Gasteiger partial charge on any atom is 0.216 e. The van der Waals surface area contributed by atoms with E-state index in [1.165, 1.54) is 19.2 Å². The number of halogens is 2. The Morgan fingerprint density at radius 3 is 2.74 bits per heavy atom.